The molecule has 1 aromatic heterocycles. The molecule has 2 aromatic carbocycles. The van der Waals surface area contributed by atoms with Crippen molar-refractivity contribution in [3.63, 3.8) is 0 Å². The lowest BCUT2D eigenvalue weighted by Crippen LogP contribution is -2.52. The van der Waals surface area contributed by atoms with Crippen molar-refractivity contribution in [2.75, 3.05) is 37.7 Å². The number of benzene rings is 2. The molecule has 2 saturated heterocycles. The van der Waals surface area contributed by atoms with E-state index < -0.39 is 5.54 Å². The number of carbonyl (C=O) groups is 2. The molecule has 182 valence electrons. The number of imide groups is 1. The number of rotatable bonds is 5. The van der Waals surface area contributed by atoms with Crippen molar-refractivity contribution in [1.82, 2.24) is 25.1 Å². The van der Waals surface area contributed by atoms with Crippen LogP contribution in [0.3, 0.4) is 0 Å². The van der Waals surface area contributed by atoms with E-state index in [0.29, 0.717) is 0 Å². The lowest BCUT2D eigenvalue weighted by Gasteiger charge is -2.36. The zero-order valence-electron chi connectivity index (χ0n) is 20.8. The molecular formula is C27H32N6O2. The van der Waals surface area contributed by atoms with E-state index in [4.69, 9.17) is 4.98 Å². The number of hydrogen-bond donors (Lipinski definition) is 1. The van der Waals surface area contributed by atoms with E-state index in [1.807, 2.05) is 55.5 Å². The van der Waals surface area contributed by atoms with Gasteiger partial charge < -0.3 is 10.2 Å². The molecule has 35 heavy (non-hydrogen) atoms. The summed E-state index contributed by atoms with van der Waals surface area (Å²) < 4.78 is 0. The van der Waals surface area contributed by atoms with E-state index in [9.17, 15) is 9.59 Å². The maximum atomic E-state index is 13.6. The summed E-state index contributed by atoms with van der Waals surface area (Å²) in [6.07, 6.45) is 0. The van der Waals surface area contributed by atoms with Crippen LogP contribution in [0, 0.1) is 6.92 Å². The van der Waals surface area contributed by atoms with Gasteiger partial charge in [0.15, 0.2) is 0 Å². The molecule has 0 spiro atoms. The first-order chi connectivity index (χ1) is 16.8. The topological polar surface area (TPSA) is 81.7 Å². The second kappa shape index (κ2) is 8.92. The molecule has 0 unspecified atom stereocenters. The van der Waals surface area contributed by atoms with Crippen LogP contribution in [0.25, 0.3) is 10.8 Å². The van der Waals surface area contributed by atoms with Crippen molar-refractivity contribution in [3.8, 4) is 0 Å². The minimum absolute atomic E-state index is 0.214. The Hall–Kier alpha value is -3.52. The Kier molecular flexibility index (Phi) is 5.92. The van der Waals surface area contributed by atoms with Crippen LogP contribution in [-0.4, -0.2) is 64.6 Å². The molecule has 8 heteroatoms. The maximum absolute atomic E-state index is 13.6. The Morgan fingerprint density at radius 1 is 1.00 bits per heavy atom. The van der Waals surface area contributed by atoms with Gasteiger partial charge in [-0.05, 0) is 30.2 Å². The number of aryl methyl sites for hydroxylation is 1. The fraction of sp³-hybridized carbons (Fsp3) is 0.407. The number of hydrogen-bond acceptors (Lipinski definition) is 6. The lowest BCUT2D eigenvalue weighted by atomic mass is 9.88. The van der Waals surface area contributed by atoms with Gasteiger partial charge in [0.25, 0.3) is 5.91 Å². The van der Waals surface area contributed by atoms with E-state index in [0.717, 1.165) is 59.9 Å². The normalized spacial score (nSPS) is 21.3. The molecule has 5 rings (SSSR count). The summed E-state index contributed by atoms with van der Waals surface area (Å²) in [6, 6.07) is 15.5. The van der Waals surface area contributed by atoms with Crippen LogP contribution in [0.1, 0.15) is 43.8 Å². The van der Waals surface area contributed by atoms with Crippen LogP contribution in [-0.2, 0) is 10.3 Å². The maximum Gasteiger partial charge on any atom is 0.326 e. The van der Waals surface area contributed by atoms with Gasteiger partial charge in [-0.3, -0.25) is 9.69 Å². The predicted molar refractivity (Wildman–Crippen MR) is 136 cm³/mol. The number of nitrogens with zero attached hydrogens (tertiary/aromatic N) is 5. The van der Waals surface area contributed by atoms with E-state index >= 15 is 0 Å². The molecule has 1 atom stereocenters. The zero-order chi connectivity index (χ0) is 24.7. The minimum atomic E-state index is -1.09. The Labute approximate surface area is 205 Å². The molecule has 0 radical (unpaired) electrons. The quantitative estimate of drug-likeness (QED) is 0.572. The molecule has 3 heterocycles. The van der Waals surface area contributed by atoms with Crippen molar-refractivity contribution in [3.05, 3.63) is 65.6 Å². The highest BCUT2D eigenvalue weighted by atomic mass is 16.2. The molecule has 0 aliphatic carbocycles. The second-order valence-electron chi connectivity index (χ2n) is 9.94. The largest absolute Gasteiger partial charge is 0.354 e. The van der Waals surface area contributed by atoms with Crippen molar-refractivity contribution in [2.24, 2.45) is 0 Å². The highest BCUT2D eigenvalue weighted by Crippen LogP contribution is 2.34. The monoisotopic (exact) mass is 472 g/mol. The Balaban J connectivity index is 1.29. The first-order valence-corrected chi connectivity index (χ1v) is 12.2. The summed E-state index contributed by atoms with van der Waals surface area (Å²) in [7, 11) is 0. The molecule has 3 amide bonds. The predicted octanol–water partition coefficient (Wildman–Crippen LogP) is 3.61. The lowest BCUT2D eigenvalue weighted by molar-refractivity contribution is -0.132. The smallest absolute Gasteiger partial charge is 0.326 e. The van der Waals surface area contributed by atoms with Crippen molar-refractivity contribution in [1.29, 1.82) is 0 Å². The van der Waals surface area contributed by atoms with Crippen LogP contribution in [0.15, 0.2) is 48.5 Å². The number of amides is 3. The number of nitrogens with one attached hydrogen (secondary N) is 1. The number of carbonyl (C=O) groups excluding carboxylic acids is 2. The third kappa shape index (κ3) is 4.23. The van der Waals surface area contributed by atoms with Crippen LogP contribution in [0.5, 0.6) is 0 Å². The summed E-state index contributed by atoms with van der Waals surface area (Å²) in [5.41, 5.74) is 0.695. The molecular weight excluding hydrogens is 440 g/mol. The Morgan fingerprint density at radius 2 is 1.71 bits per heavy atom. The van der Waals surface area contributed by atoms with E-state index in [2.05, 4.69) is 33.9 Å². The van der Waals surface area contributed by atoms with Crippen molar-refractivity contribution in [2.45, 2.75) is 39.2 Å². The first kappa shape index (κ1) is 23.2. The summed E-state index contributed by atoms with van der Waals surface area (Å²) in [6.45, 7) is 11.3. The van der Waals surface area contributed by atoms with Crippen LogP contribution >= 0.6 is 0 Å². The fourth-order valence-electron chi connectivity index (χ4n) is 4.98. The number of fused-ring (bicyclic) bond motifs is 1. The molecule has 2 aliphatic heterocycles. The van der Waals surface area contributed by atoms with Crippen molar-refractivity contribution >= 4 is 28.5 Å². The number of piperazine rings is 1. The molecule has 2 fully saturated rings. The highest BCUT2D eigenvalue weighted by molar-refractivity contribution is 6.09. The third-order valence-corrected chi connectivity index (χ3v) is 7.02. The number of urea groups is 1. The van der Waals surface area contributed by atoms with Crippen molar-refractivity contribution < 1.29 is 9.59 Å². The standard InChI is InChI=1S/C27H32N6O2/c1-18(2)24-28-19(3)16-23(29-24)32-14-12-31(13-15-32)17-33-25(34)27(4,30-26(33)35)22-11-7-9-20-8-5-6-10-21(20)22/h5-11,16,18H,12-15,17H2,1-4H3,(H,30,35)/t27-/m1/s1. The fourth-order valence-corrected chi connectivity index (χ4v) is 4.98. The van der Waals surface area contributed by atoms with Gasteiger partial charge in [-0.2, -0.15) is 0 Å². The van der Waals surface area contributed by atoms with Gasteiger partial charge in [0.2, 0.25) is 0 Å². The summed E-state index contributed by atoms with van der Waals surface area (Å²) >= 11 is 0. The molecule has 3 aromatic rings. The van der Waals surface area contributed by atoms with E-state index in [1.54, 1.807) is 6.92 Å². The van der Waals surface area contributed by atoms with Gasteiger partial charge in [0.1, 0.15) is 17.2 Å². The Morgan fingerprint density at radius 3 is 2.46 bits per heavy atom. The molecule has 0 saturated carbocycles. The van der Waals surface area contributed by atoms with E-state index in [1.165, 1.54) is 4.90 Å². The van der Waals surface area contributed by atoms with Gasteiger partial charge in [0.05, 0.1) is 6.67 Å². The van der Waals surface area contributed by atoms with Crippen LogP contribution in [0.4, 0.5) is 10.6 Å². The van der Waals surface area contributed by atoms with Gasteiger partial charge in [0, 0.05) is 43.9 Å². The van der Waals surface area contributed by atoms with Gasteiger partial charge in [-0.25, -0.2) is 19.7 Å². The molecule has 0 bridgehead atoms. The second-order valence-corrected chi connectivity index (χ2v) is 9.94. The zero-order valence-corrected chi connectivity index (χ0v) is 20.8. The molecule has 2 aliphatic rings. The first-order valence-electron chi connectivity index (χ1n) is 12.2. The van der Waals surface area contributed by atoms with E-state index in [-0.39, 0.29) is 24.5 Å². The molecule has 8 nitrogen and oxygen atoms in total. The average Bonchev–Trinajstić information content (AvgIpc) is 3.07. The van der Waals surface area contributed by atoms with Crippen LogP contribution < -0.4 is 10.2 Å². The van der Waals surface area contributed by atoms with Gasteiger partial charge in [-0.15, -0.1) is 0 Å². The Bertz CT molecular complexity index is 1280. The van der Waals surface area contributed by atoms with Gasteiger partial charge in [-0.1, -0.05) is 56.3 Å². The summed E-state index contributed by atoms with van der Waals surface area (Å²) in [5, 5.41) is 4.99. The van der Waals surface area contributed by atoms with Crippen LogP contribution in [0.2, 0.25) is 0 Å². The highest BCUT2D eigenvalue weighted by Gasteiger charge is 2.50. The summed E-state index contributed by atoms with van der Waals surface area (Å²) in [5.74, 6) is 1.86. The third-order valence-electron chi connectivity index (χ3n) is 7.02. The number of anilines is 1. The number of aromatic nitrogens is 2. The SMILES string of the molecule is Cc1cc(N2CCN(CN3C(=O)N[C@](C)(c4cccc5ccccc45)C3=O)CC2)nc(C(C)C)n1. The minimum Gasteiger partial charge on any atom is -0.354 e. The van der Waals surface area contributed by atoms with Gasteiger partial charge >= 0.3 is 6.03 Å². The average molecular weight is 473 g/mol. The summed E-state index contributed by atoms with van der Waals surface area (Å²) in [4.78, 5) is 41.6. The molecule has 1 N–H and O–H groups in total.